The predicted octanol–water partition coefficient (Wildman–Crippen LogP) is 2.57. The normalized spacial score (nSPS) is 12.5. The largest absolute Gasteiger partial charge is 0.389 e. The molecule has 0 spiro atoms. The fourth-order valence-electron chi connectivity index (χ4n) is 1.32. The summed E-state index contributed by atoms with van der Waals surface area (Å²) in [5.74, 6) is 0. The van der Waals surface area contributed by atoms with Crippen LogP contribution >= 0.6 is 15.9 Å². The first-order valence-electron chi connectivity index (χ1n) is 5.40. The van der Waals surface area contributed by atoms with Gasteiger partial charge >= 0.3 is 0 Å². The Morgan fingerprint density at radius 2 is 2.25 bits per heavy atom. The van der Waals surface area contributed by atoms with Crippen molar-refractivity contribution in [2.45, 2.75) is 20.0 Å². The van der Waals surface area contributed by atoms with Crippen LogP contribution in [0.15, 0.2) is 22.7 Å². The summed E-state index contributed by atoms with van der Waals surface area (Å²) >= 11 is 3.51. The molecule has 1 unspecified atom stereocenters. The first kappa shape index (κ1) is 13.5. The van der Waals surface area contributed by atoms with E-state index < -0.39 is 6.10 Å². The summed E-state index contributed by atoms with van der Waals surface area (Å²) in [6, 6.07) is 5.99. The minimum atomic E-state index is -0.479. The lowest BCUT2D eigenvalue weighted by atomic mass is 10.2. The molecular weight excluding hydrogens is 270 g/mol. The molecule has 0 heterocycles. The van der Waals surface area contributed by atoms with Gasteiger partial charge in [-0.1, -0.05) is 12.1 Å². The minimum Gasteiger partial charge on any atom is -0.389 e. The van der Waals surface area contributed by atoms with Gasteiger partial charge in [0, 0.05) is 23.3 Å². The van der Waals surface area contributed by atoms with E-state index in [-0.39, 0.29) is 0 Å². The van der Waals surface area contributed by atoms with E-state index >= 15 is 0 Å². The average molecular weight is 288 g/mol. The summed E-state index contributed by atoms with van der Waals surface area (Å²) in [7, 11) is 0. The van der Waals surface area contributed by atoms with Gasteiger partial charge < -0.3 is 15.2 Å². The third kappa shape index (κ3) is 4.12. The van der Waals surface area contributed by atoms with Crippen molar-refractivity contribution in [3.05, 3.63) is 28.2 Å². The topological polar surface area (TPSA) is 41.5 Å². The Balaban J connectivity index is 2.45. The lowest BCUT2D eigenvalue weighted by Crippen LogP contribution is -2.25. The van der Waals surface area contributed by atoms with Crippen LogP contribution < -0.4 is 5.32 Å². The number of anilines is 1. The molecule has 0 aliphatic heterocycles. The van der Waals surface area contributed by atoms with Gasteiger partial charge in [-0.05, 0) is 41.4 Å². The van der Waals surface area contributed by atoms with Crippen molar-refractivity contribution in [3.63, 3.8) is 0 Å². The molecule has 0 aliphatic rings. The van der Waals surface area contributed by atoms with Crippen LogP contribution in [0.4, 0.5) is 5.69 Å². The van der Waals surface area contributed by atoms with Crippen LogP contribution in [0.2, 0.25) is 0 Å². The SMILES string of the molecule is CCOCC(O)CNc1cccc(C)c1Br. The van der Waals surface area contributed by atoms with Gasteiger partial charge in [-0.25, -0.2) is 0 Å². The van der Waals surface area contributed by atoms with Gasteiger partial charge in [-0.15, -0.1) is 0 Å². The molecule has 90 valence electrons. The molecule has 1 aromatic carbocycles. The van der Waals surface area contributed by atoms with Crippen LogP contribution in [0.3, 0.4) is 0 Å². The monoisotopic (exact) mass is 287 g/mol. The summed E-state index contributed by atoms with van der Waals surface area (Å²) in [6.07, 6.45) is -0.479. The number of hydrogen-bond acceptors (Lipinski definition) is 3. The van der Waals surface area contributed by atoms with Gasteiger partial charge in [0.15, 0.2) is 0 Å². The number of halogens is 1. The van der Waals surface area contributed by atoms with E-state index in [1.807, 2.05) is 32.0 Å². The summed E-state index contributed by atoms with van der Waals surface area (Å²) in [6.45, 7) is 5.43. The number of hydrogen-bond donors (Lipinski definition) is 2. The Kier molecular flexibility index (Phi) is 5.80. The van der Waals surface area contributed by atoms with Crippen molar-refractivity contribution in [1.82, 2.24) is 0 Å². The second kappa shape index (κ2) is 6.89. The summed E-state index contributed by atoms with van der Waals surface area (Å²) in [4.78, 5) is 0. The number of nitrogens with one attached hydrogen (secondary N) is 1. The third-order valence-electron chi connectivity index (χ3n) is 2.23. The van der Waals surface area contributed by atoms with Crippen molar-refractivity contribution in [2.75, 3.05) is 25.1 Å². The highest BCUT2D eigenvalue weighted by Crippen LogP contribution is 2.25. The van der Waals surface area contributed by atoms with E-state index in [0.717, 1.165) is 10.2 Å². The van der Waals surface area contributed by atoms with E-state index in [4.69, 9.17) is 4.74 Å². The van der Waals surface area contributed by atoms with E-state index in [0.29, 0.717) is 19.8 Å². The maximum absolute atomic E-state index is 9.60. The Morgan fingerprint density at radius 3 is 2.94 bits per heavy atom. The molecule has 0 saturated carbocycles. The maximum Gasteiger partial charge on any atom is 0.0945 e. The molecule has 0 amide bonds. The second-order valence-corrected chi connectivity index (χ2v) is 4.42. The van der Waals surface area contributed by atoms with Crippen LogP contribution in [0, 0.1) is 6.92 Å². The summed E-state index contributed by atoms with van der Waals surface area (Å²) in [5.41, 5.74) is 2.17. The molecule has 3 nitrogen and oxygen atoms in total. The zero-order valence-corrected chi connectivity index (χ0v) is 11.3. The lowest BCUT2D eigenvalue weighted by Gasteiger charge is -2.14. The maximum atomic E-state index is 9.60. The molecule has 0 bridgehead atoms. The van der Waals surface area contributed by atoms with Crippen molar-refractivity contribution in [2.24, 2.45) is 0 Å². The Labute approximate surface area is 105 Å². The number of aliphatic hydroxyl groups excluding tert-OH is 1. The van der Waals surface area contributed by atoms with Gasteiger partial charge in [-0.3, -0.25) is 0 Å². The smallest absolute Gasteiger partial charge is 0.0945 e. The molecule has 0 saturated heterocycles. The molecule has 0 fully saturated rings. The molecule has 4 heteroatoms. The number of ether oxygens (including phenoxy) is 1. The van der Waals surface area contributed by atoms with E-state index in [9.17, 15) is 5.11 Å². The van der Waals surface area contributed by atoms with Gasteiger partial charge in [0.05, 0.1) is 12.7 Å². The molecule has 1 atom stereocenters. The van der Waals surface area contributed by atoms with Gasteiger partial charge in [0.1, 0.15) is 0 Å². The molecule has 2 N–H and O–H groups in total. The molecular formula is C12H18BrNO2. The summed E-state index contributed by atoms with van der Waals surface area (Å²) in [5, 5.41) is 12.8. The van der Waals surface area contributed by atoms with Crippen LogP contribution in [-0.4, -0.2) is 31.0 Å². The lowest BCUT2D eigenvalue weighted by molar-refractivity contribution is 0.0496. The fourth-order valence-corrected chi connectivity index (χ4v) is 1.73. The number of aliphatic hydroxyl groups is 1. The highest BCUT2D eigenvalue weighted by molar-refractivity contribution is 9.10. The number of benzene rings is 1. The van der Waals surface area contributed by atoms with Crippen molar-refractivity contribution in [3.8, 4) is 0 Å². The number of rotatable bonds is 6. The fraction of sp³-hybridized carbons (Fsp3) is 0.500. The Hall–Kier alpha value is -0.580. The van der Waals surface area contributed by atoms with Crippen LogP contribution in [-0.2, 0) is 4.74 Å². The van der Waals surface area contributed by atoms with E-state index in [1.165, 1.54) is 5.56 Å². The molecule has 1 rings (SSSR count). The van der Waals surface area contributed by atoms with Crippen molar-refractivity contribution >= 4 is 21.6 Å². The second-order valence-electron chi connectivity index (χ2n) is 3.63. The van der Waals surface area contributed by atoms with E-state index in [2.05, 4.69) is 21.2 Å². The standard InChI is InChI=1S/C12H18BrNO2/c1-3-16-8-10(15)7-14-11-6-4-5-9(2)12(11)13/h4-6,10,14-15H,3,7-8H2,1-2H3. The Bertz CT molecular complexity index is 331. The minimum absolute atomic E-state index is 0.368. The van der Waals surface area contributed by atoms with Gasteiger partial charge in [0.25, 0.3) is 0 Å². The quantitative estimate of drug-likeness (QED) is 0.845. The van der Waals surface area contributed by atoms with E-state index in [1.54, 1.807) is 0 Å². The highest BCUT2D eigenvalue weighted by Gasteiger charge is 2.06. The van der Waals surface area contributed by atoms with Gasteiger partial charge in [0.2, 0.25) is 0 Å². The first-order chi connectivity index (χ1) is 7.65. The molecule has 0 aromatic heterocycles. The number of aryl methyl sites for hydroxylation is 1. The van der Waals surface area contributed by atoms with Crippen molar-refractivity contribution in [1.29, 1.82) is 0 Å². The molecule has 16 heavy (non-hydrogen) atoms. The van der Waals surface area contributed by atoms with Gasteiger partial charge in [-0.2, -0.15) is 0 Å². The average Bonchev–Trinajstić information content (AvgIpc) is 2.28. The van der Waals surface area contributed by atoms with Crippen molar-refractivity contribution < 1.29 is 9.84 Å². The first-order valence-corrected chi connectivity index (χ1v) is 6.19. The summed E-state index contributed by atoms with van der Waals surface area (Å²) < 4.78 is 6.18. The molecule has 1 aromatic rings. The molecule has 0 aliphatic carbocycles. The third-order valence-corrected chi connectivity index (χ3v) is 3.29. The molecule has 0 radical (unpaired) electrons. The Morgan fingerprint density at radius 1 is 1.50 bits per heavy atom. The predicted molar refractivity (Wildman–Crippen MR) is 69.9 cm³/mol. The highest BCUT2D eigenvalue weighted by atomic mass is 79.9. The zero-order valence-electron chi connectivity index (χ0n) is 9.66. The van der Waals surface area contributed by atoms with Crippen LogP contribution in [0.1, 0.15) is 12.5 Å². The van der Waals surface area contributed by atoms with Crippen LogP contribution in [0.5, 0.6) is 0 Å². The zero-order chi connectivity index (χ0) is 12.0. The van der Waals surface area contributed by atoms with Crippen LogP contribution in [0.25, 0.3) is 0 Å².